The summed E-state index contributed by atoms with van der Waals surface area (Å²) >= 11 is 0. The normalized spacial score (nSPS) is 10.8. The zero-order chi connectivity index (χ0) is 14.8. The van der Waals surface area contributed by atoms with Crippen molar-refractivity contribution < 1.29 is 9.53 Å². The smallest absolute Gasteiger partial charge is 0.226 e. The van der Waals surface area contributed by atoms with Crippen molar-refractivity contribution in [2.45, 2.75) is 39.7 Å². The van der Waals surface area contributed by atoms with E-state index in [1.54, 1.807) is 0 Å². The molecule has 0 atom stereocenters. The summed E-state index contributed by atoms with van der Waals surface area (Å²) in [5.74, 6) is 0.671. The van der Waals surface area contributed by atoms with E-state index in [4.69, 9.17) is 10.5 Å². The van der Waals surface area contributed by atoms with Crippen LogP contribution in [0.3, 0.4) is 0 Å². The Balaban J connectivity index is 2.20. The van der Waals surface area contributed by atoms with Gasteiger partial charge in [0.25, 0.3) is 0 Å². The third kappa shape index (κ3) is 6.68. The van der Waals surface area contributed by atoms with Crippen molar-refractivity contribution in [2.75, 3.05) is 18.5 Å². The molecular formula is C16H26N2O2. The molecule has 0 heterocycles. The number of hydrogen-bond donors (Lipinski definition) is 2. The van der Waals surface area contributed by atoms with Crippen molar-refractivity contribution in [1.29, 1.82) is 0 Å². The average Bonchev–Trinajstić information content (AvgIpc) is 2.43. The topological polar surface area (TPSA) is 64.3 Å². The quantitative estimate of drug-likeness (QED) is 0.683. The van der Waals surface area contributed by atoms with E-state index in [1.165, 1.54) is 0 Å². The predicted octanol–water partition coefficient (Wildman–Crippen LogP) is 2.93. The minimum absolute atomic E-state index is 0.0326. The number of para-hydroxylation sites is 1. The lowest BCUT2D eigenvalue weighted by atomic mass is 10.1. The fourth-order valence-electron chi connectivity index (χ4n) is 1.89. The number of rotatable bonds is 9. The van der Waals surface area contributed by atoms with Crippen molar-refractivity contribution >= 4 is 11.6 Å². The highest BCUT2D eigenvalue weighted by Crippen LogP contribution is 2.14. The molecule has 0 fully saturated rings. The number of ether oxygens (including phenoxy) is 1. The van der Waals surface area contributed by atoms with E-state index >= 15 is 0 Å². The van der Waals surface area contributed by atoms with Gasteiger partial charge in [-0.25, -0.2) is 0 Å². The van der Waals surface area contributed by atoms with Gasteiger partial charge in [-0.2, -0.15) is 0 Å². The molecule has 0 bridgehead atoms. The Morgan fingerprint density at radius 3 is 2.75 bits per heavy atom. The van der Waals surface area contributed by atoms with E-state index in [1.807, 2.05) is 24.3 Å². The minimum atomic E-state index is -0.0326. The largest absolute Gasteiger partial charge is 0.381 e. The van der Waals surface area contributed by atoms with E-state index in [0.29, 0.717) is 25.5 Å². The molecule has 0 aliphatic heterocycles. The zero-order valence-electron chi connectivity index (χ0n) is 12.5. The molecule has 20 heavy (non-hydrogen) atoms. The number of nitrogens with two attached hydrogens (primary N) is 1. The van der Waals surface area contributed by atoms with Crippen LogP contribution >= 0.6 is 0 Å². The number of amides is 1. The van der Waals surface area contributed by atoms with Crippen LogP contribution in [0.5, 0.6) is 0 Å². The van der Waals surface area contributed by atoms with E-state index in [2.05, 4.69) is 19.2 Å². The van der Waals surface area contributed by atoms with Crippen LogP contribution in [0.2, 0.25) is 0 Å². The van der Waals surface area contributed by atoms with Gasteiger partial charge < -0.3 is 15.8 Å². The first-order valence-corrected chi connectivity index (χ1v) is 7.29. The molecule has 0 spiro atoms. The van der Waals surface area contributed by atoms with Crippen molar-refractivity contribution in [3.63, 3.8) is 0 Å². The minimum Gasteiger partial charge on any atom is -0.381 e. The molecule has 1 aromatic rings. The average molecular weight is 278 g/mol. The van der Waals surface area contributed by atoms with Gasteiger partial charge in [-0.3, -0.25) is 4.79 Å². The Hall–Kier alpha value is -1.39. The van der Waals surface area contributed by atoms with Crippen molar-refractivity contribution in [3.05, 3.63) is 29.8 Å². The Labute approximate surface area is 121 Å². The Kier molecular flexibility index (Phi) is 7.92. The third-order valence-electron chi connectivity index (χ3n) is 3.05. The fraction of sp³-hybridized carbons (Fsp3) is 0.562. The predicted molar refractivity (Wildman–Crippen MR) is 82.5 cm³/mol. The lowest BCUT2D eigenvalue weighted by Crippen LogP contribution is -2.16. The van der Waals surface area contributed by atoms with Gasteiger partial charge in [-0.05, 0) is 30.4 Å². The number of carbonyl (C=O) groups is 1. The second-order valence-electron chi connectivity index (χ2n) is 5.31. The van der Waals surface area contributed by atoms with E-state index in [9.17, 15) is 4.79 Å². The van der Waals surface area contributed by atoms with Gasteiger partial charge >= 0.3 is 0 Å². The molecule has 0 saturated heterocycles. The third-order valence-corrected chi connectivity index (χ3v) is 3.05. The van der Waals surface area contributed by atoms with Gasteiger partial charge in [0.15, 0.2) is 0 Å². The van der Waals surface area contributed by atoms with Crippen LogP contribution in [0.25, 0.3) is 0 Å². The number of carbonyl (C=O) groups excluding carboxylic acids is 1. The number of nitrogens with one attached hydrogen (secondary N) is 1. The first-order valence-electron chi connectivity index (χ1n) is 7.29. The molecule has 0 unspecified atom stereocenters. The number of benzene rings is 1. The zero-order valence-corrected chi connectivity index (χ0v) is 12.5. The Morgan fingerprint density at radius 1 is 1.30 bits per heavy atom. The van der Waals surface area contributed by atoms with E-state index < -0.39 is 0 Å². The molecule has 0 aliphatic carbocycles. The second kappa shape index (κ2) is 9.50. The maximum absolute atomic E-state index is 11.8. The molecule has 1 aromatic carbocycles. The van der Waals surface area contributed by atoms with Gasteiger partial charge in [0.1, 0.15) is 0 Å². The molecule has 0 aliphatic rings. The van der Waals surface area contributed by atoms with Gasteiger partial charge in [-0.1, -0.05) is 32.0 Å². The van der Waals surface area contributed by atoms with Crippen LogP contribution in [-0.2, 0) is 16.1 Å². The van der Waals surface area contributed by atoms with Gasteiger partial charge in [-0.15, -0.1) is 0 Å². The molecule has 4 heteroatoms. The van der Waals surface area contributed by atoms with E-state index in [-0.39, 0.29) is 5.91 Å². The summed E-state index contributed by atoms with van der Waals surface area (Å²) in [6, 6.07) is 7.58. The summed E-state index contributed by atoms with van der Waals surface area (Å²) in [5.41, 5.74) is 7.36. The van der Waals surface area contributed by atoms with Crippen molar-refractivity contribution in [2.24, 2.45) is 11.7 Å². The number of anilines is 1. The van der Waals surface area contributed by atoms with Crippen LogP contribution in [0.15, 0.2) is 24.3 Å². The first kappa shape index (κ1) is 16.7. The summed E-state index contributed by atoms with van der Waals surface area (Å²) in [6.45, 7) is 6.01. The number of hydrogen-bond acceptors (Lipinski definition) is 3. The van der Waals surface area contributed by atoms with Crippen molar-refractivity contribution in [3.8, 4) is 0 Å². The Morgan fingerprint density at radius 2 is 2.05 bits per heavy atom. The molecule has 4 nitrogen and oxygen atoms in total. The summed E-state index contributed by atoms with van der Waals surface area (Å²) in [4.78, 5) is 11.8. The fourth-order valence-corrected chi connectivity index (χ4v) is 1.89. The first-order chi connectivity index (χ1) is 9.63. The summed E-state index contributed by atoms with van der Waals surface area (Å²) < 4.78 is 5.46. The highest BCUT2D eigenvalue weighted by Gasteiger charge is 2.05. The highest BCUT2D eigenvalue weighted by atomic mass is 16.5. The maximum Gasteiger partial charge on any atom is 0.226 e. The molecule has 3 N–H and O–H groups in total. The molecule has 0 radical (unpaired) electrons. The van der Waals surface area contributed by atoms with Crippen molar-refractivity contribution in [1.82, 2.24) is 0 Å². The van der Waals surface area contributed by atoms with E-state index in [0.717, 1.165) is 30.7 Å². The van der Waals surface area contributed by atoms with Crippen LogP contribution in [0.4, 0.5) is 5.69 Å². The maximum atomic E-state index is 11.8. The van der Waals surface area contributed by atoms with Gasteiger partial charge in [0, 0.05) is 18.8 Å². The van der Waals surface area contributed by atoms with Crippen LogP contribution < -0.4 is 11.1 Å². The molecule has 112 valence electrons. The standard InChI is InChI=1S/C16H26N2O2/c1-13(2)6-5-10-20-11-9-16(19)18-15-8-4-3-7-14(15)12-17/h3-4,7-8,13H,5-6,9-12,17H2,1-2H3,(H,18,19). The molecular weight excluding hydrogens is 252 g/mol. The SMILES string of the molecule is CC(C)CCCOCCC(=O)Nc1ccccc1CN. The monoisotopic (exact) mass is 278 g/mol. The second-order valence-corrected chi connectivity index (χ2v) is 5.31. The Bertz CT molecular complexity index is 405. The lowest BCUT2D eigenvalue weighted by Gasteiger charge is -2.10. The molecule has 1 amide bonds. The summed E-state index contributed by atoms with van der Waals surface area (Å²) in [5, 5.41) is 2.87. The van der Waals surface area contributed by atoms with Crippen LogP contribution in [0.1, 0.15) is 38.7 Å². The molecule has 1 rings (SSSR count). The molecule has 0 aromatic heterocycles. The summed E-state index contributed by atoms with van der Waals surface area (Å²) in [6.07, 6.45) is 2.59. The lowest BCUT2D eigenvalue weighted by molar-refractivity contribution is -0.117. The van der Waals surface area contributed by atoms with Crippen LogP contribution in [0, 0.1) is 5.92 Å². The highest BCUT2D eigenvalue weighted by molar-refractivity contribution is 5.91. The van der Waals surface area contributed by atoms with Gasteiger partial charge in [0.2, 0.25) is 5.91 Å². The van der Waals surface area contributed by atoms with Crippen LogP contribution in [-0.4, -0.2) is 19.1 Å². The molecule has 0 saturated carbocycles. The van der Waals surface area contributed by atoms with Gasteiger partial charge in [0.05, 0.1) is 13.0 Å². The summed E-state index contributed by atoms with van der Waals surface area (Å²) in [7, 11) is 0.